The smallest absolute Gasteiger partial charge is 0.311 e. The lowest BCUT2D eigenvalue weighted by Gasteiger charge is -2.18. The number of methoxy groups -OCH3 is 2. The number of ether oxygens (including phenoxy) is 2. The minimum absolute atomic E-state index is 0.112. The van der Waals surface area contributed by atoms with Crippen LogP contribution >= 0.6 is 0 Å². The van der Waals surface area contributed by atoms with Crippen LogP contribution < -0.4 is 9.64 Å². The van der Waals surface area contributed by atoms with E-state index in [1.165, 1.54) is 26.0 Å². The van der Waals surface area contributed by atoms with Crippen LogP contribution in [0.2, 0.25) is 0 Å². The van der Waals surface area contributed by atoms with Gasteiger partial charge in [0.05, 0.1) is 25.7 Å². The van der Waals surface area contributed by atoms with Crippen LogP contribution in [0, 0.1) is 5.92 Å². The maximum Gasteiger partial charge on any atom is 0.311 e. The molecule has 0 radical (unpaired) electrons. The fraction of sp³-hybridized carbons (Fsp3) is 0.400. The Balaban J connectivity index is 2.28. The molecule has 112 valence electrons. The van der Waals surface area contributed by atoms with Gasteiger partial charge < -0.3 is 14.4 Å². The Labute approximate surface area is 122 Å². The van der Waals surface area contributed by atoms with Crippen LogP contribution in [0.3, 0.4) is 0 Å². The normalized spacial score (nSPS) is 17.8. The van der Waals surface area contributed by atoms with Gasteiger partial charge in [-0.3, -0.25) is 14.4 Å². The van der Waals surface area contributed by atoms with Gasteiger partial charge in [-0.05, 0) is 19.1 Å². The topological polar surface area (TPSA) is 72.9 Å². The van der Waals surface area contributed by atoms with Gasteiger partial charge >= 0.3 is 5.97 Å². The first-order chi connectivity index (χ1) is 9.97. The van der Waals surface area contributed by atoms with Gasteiger partial charge in [0.25, 0.3) is 0 Å². The van der Waals surface area contributed by atoms with Crippen LogP contribution in [0.4, 0.5) is 5.69 Å². The summed E-state index contributed by atoms with van der Waals surface area (Å²) >= 11 is 0. The van der Waals surface area contributed by atoms with Crippen molar-refractivity contribution in [2.24, 2.45) is 5.92 Å². The molecular weight excluding hydrogens is 274 g/mol. The number of nitrogens with zero attached hydrogens (tertiary/aromatic N) is 1. The summed E-state index contributed by atoms with van der Waals surface area (Å²) in [5, 5.41) is 0. The summed E-state index contributed by atoms with van der Waals surface area (Å²) in [6.45, 7) is 1.72. The van der Waals surface area contributed by atoms with E-state index in [1.54, 1.807) is 18.2 Å². The van der Waals surface area contributed by atoms with Gasteiger partial charge in [-0.15, -0.1) is 0 Å². The zero-order chi connectivity index (χ0) is 15.6. The molecule has 0 aliphatic carbocycles. The van der Waals surface area contributed by atoms with Crippen molar-refractivity contribution in [3.8, 4) is 5.75 Å². The van der Waals surface area contributed by atoms with Crippen molar-refractivity contribution >= 4 is 23.3 Å². The number of carbonyl (C=O) groups is 3. The van der Waals surface area contributed by atoms with E-state index in [4.69, 9.17) is 4.74 Å². The number of anilines is 1. The molecule has 21 heavy (non-hydrogen) atoms. The molecule has 0 N–H and O–H groups in total. The first-order valence-electron chi connectivity index (χ1n) is 6.55. The lowest BCUT2D eigenvalue weighted by Crippen LogP contribution is -2.26. The molecule has 1 saturated heterocycles. The van der Waals surface area contributed by atoms with Gasteiger partial charge in [0.1, 0.15) is 5.75 Å². The zero-order valence-corrected chi connectivity index (χ0v) is 12.2. The molecule has 1 unspecified atom stereocenters. The highest BCUT2D eigenvalue weighted by atomic mass is 16.5. The molecule has 1 aliphatic heterocycles. The molecule has 0 spiro atoms. The maximum absolute atomic E-state index is 12.0. The first kappa shape index (κ1) is 15.0. The van der Waals surface area contributed by atoms with Crippen molar-refractivity contribution in [1.29, 1.82) is 0 Å². The van der Waals surface area contributed by atoms with Crippen LogP contribution in [0.1, 0.15) is 23.7 Å². The average molecular weight is 291 g/mol. The van der Waals surface area contributed by atoms with Crippen molar-refractivity contribution in [2.75, 3.05) is 25.7 Å². The summed E-state index contributed by atoms with van der Waals surface area (Å²) in [6, 6.07) is 4.93. The van der Waals surface area contributed by atoms with Gasteiger partial charge in [-0.25, -0.2) is 0 Å². The Kier molecular flexibility index (Phi) is 4.26. The fourth-order valence-electron chi connectivity index (χ4n) is 2.42. The van der Waals surface area contributed by atoms with Crippen LogP contribution in [-0.4, -0.2) is 38.4 Å². The Morgan fingerprint density at radius 1 is 1.29 bits per heavy atom. The molecule has 1 aliphatic rings. The minimum Gasteiger partial charge on any atom is -0.496 e. The van der Waals surface area contributed by atoms with Gasteiger partial charge in [0, 0.05) is 24.7 Å². The second-order valence-corrected chi connectivity index (χ2v) is 4.87. The predicted octanol–water partition coefficient (Wildman–Crippen LogP) is 1.42. The second-order valence-electron chi connectivity index (χ2n) is 4.87. The number of carbonyl (C=O) groups excluding carboxylic acids is 3. The van der Waals surface area contributed by atoms with Gasteiger partial charge in [-0.2, -0.15) is 0 Å². The van der Waals surface area contributed by atoms with E-state index in [1.807, 2.05) is 0 Å². The van der Waals surface area contributed by atoms with Crippen molar-refractivity contribution < 1.29 is 23.9 Å². The van der Waals surface area contributed by atoms with E-state index in [-0.39, 0.29) is 24.7 Å². The van der Waals surface area contributed by atoms with E-state index in [0.717, 1.165) is 0 Å². The zero-order valence-electron chi connectivity index (χ0n) is 12.2. The lowest BCUT2D eigenvalue weighted by molar-refractivity contribution is -0.145. The molecule has 0 saturated carbocycles. The molecule has 0 aromatic heterocycles. The average Bonchev–Trinajstić information content (AvgIpc) is 2.87. The van der Waals surface area contributed by atoms with E-state index < -0.39 is 11.9 Å². The molecule has 0 bridgehead atoms. The molecule has 1 fully saturated rings. The number of Topliss-reactive ketones (excluding diaryl/α,β-unsaturated/α-hetero) is 1. The van der Waals surface area contributed by atoms with Crippen LogP contribution in [0.5, 0.6) is 5.75 Å². The molecular formula is C15H17NO5. The molecule has 1 aromatic carbocycles. The summed E-state index contributed by atoms with van der Waals surface area (Å²) in [6.07, 6.45) is 0.128. The van der Waals surface area contributed by atoms with Gasteiger partial charge in [-0.1, -0.05) is 0 Å². The lowest BCUT2D eigenvalue weighted by atomic mass is 10.1. The van der Waals surface area contributed by atoms with Gasteiger partial charge in [0.2, 0.25) is 5.91 Å². The highest BCUT2D eigenvalue weighted by Gasteiger charge is 2.36. The summed E-state index contributed by atoms with van der Waals surface area (Å²) < 4.78 is 9.86. The Morgan fingerprint density at radius 3 is 2.57 bits per heavy atom. The monoisotopic (exact) mass is 291 g/mol. The van der Waals surface area contributed by atoms with Crippen molar-refractivity contribution in [3.05, 3.63) is 23.8 Å². The Morgan fingerprint density at radius 2 is 2.00 bits per heavy atom. The Hall–Kier alpha value is -2.37. The van der Waals surface area contributed by atoms with Gasteiger partial charge in [0.15, 0.2) is 5.78 Å². The largest absolute Gasteiger partial charge is 0.496 e. The highest BCUT2D eigenvalue weighted by molar-refractivity contribution is 6.01. The van der Waals surface area contributed by atoms with Crippen molar-refractivity contribution in [3.63, 3.8) is 0 Å². The van der Waals surface area contributed by atoms with Crippen LogP contribution in [-0.2, 0) is 14.3 Å². The van der Waals surface area contributed by atoms with E-state index in [9.17, 15) is 14.4 Å². The number of hydrogen-bond acceptors (Lipinski definition) is 5. The number of benzene rings is 1. The number of rotatable bonds is 4. The maximum atomic E-state index is 12.0. The number of hydrogen-bond donors (Lipinski definition) is 0. The quantitative estimate of drug-likeness (QED) is 0.619. The molecule has 6 heteroatoms. The number of ketones is 1. The molecule has 2 rings (SSSR count). The van der Waals surface area contributed by atoms with Crippen LogP contribution in [0.15, 0.2) is 18.2 Å². The summed E-state index contributed by atoms with van der Waals surface area (Å²) in [5.41, 5.74) is 1.06. The predicted molar refractivity (Wildman–Crippen MR) is 75.5 cm³/mol. The fourth-order valence-corrected chi connectivity index (χ4v) is 2.42. The van der Waals surface area contributed by atoms with E-state index in [0.29, 0.717) is 17.0 Å². The van der Waals surface area contributed by atoms with Crippen molar-refractivity contribution in [1.82, 2.24) is 0 Å². The minimum atomic E-state index is -0.457. The third-order valence-corrected chi connectivity index (χ3v) is 3.54. The molecule has 1 aromatic rings. The Bertz CT molecular complexity index is 596. The molecule has 1 heterocycles. The first-order valence-corrected chi connectivity index (χ1v) is 6.55. The summed E-state index contributed by atoms with van der Waals surface area (Å²) in [7, 11) is 2.77. The summed E-state index contributed by atoms with van der Waals surface area (Å²) in [5.74, 6) is -0.699. The molecule has 6 nitrogen and oxygen atoms in total. The van der Waals surface area contributed by atoms with E-state index >= 15 is 0 Å². The summed E-state index contributed by atoms with van der Waals surface area (Å²) in [4.78, 5) is 36.6. The highest BCUT2D eigenvalue weighted by Crippen LogP contribution is 2.30. The number of amides is 1. The molecule has 1 atom stereocenters. The van der Waals surface area contributed by atoms with Crippen LogP contribution in [0.25, 0.3) is 0 Å². The van der Waals surface area contributed by atoms with Crippen molar-refractivity contribution in [2.45, 2.75) is 13.3 Å². The second kappa shape index (κ2) is 5.95. The third kappa shape index (κ3) is 2.89. The number of esters is 1. The molecule has 1 amide bonds. The third-order valence-electron chi connectivity index (χ3n) is 3.54. The SMILES string of the molecule is COC(=O)C1CC(=O)N(c2ccc(C(C)=O)c(OC)c2)C1. The van der Waals surface area contributed by atoms with E-state index in [2.05, 4.69) is 4.74 Å². The standard InChI is InChI=1S/C15H17NO5/c1-9(17)12-5-4-11(7-13(12)20-2)16-8-10(6-14(16)18)15(19)21-3/h4-5,7,10H,6,8H2,1-3H3.